The van der Waals surface area contributed by atoms with Crippen molar-refractivity contribution in [3.63, 3.8) is 0 Å². The van der Waals surface area contributed by atoms with Crippen LogP contribution in [0.4, 0.5) is 17.6 Å². The number of allylic oxidation sites excluding steroid dienone is 2. The number of piperidine rings is 2. The topological polar surface area (TPSA) is 95.4 Å². The molecule has 0 saturated carbocycles. The van der Waals surface area contributed by atoms with Crippen molar-refractivity contribution in [2.75, 3.05) is 26.2 Å². The van der Waals surface area contributed by atoms with Gasteiger partial charge >= 0.3 is 5.97 Å². The third-order valence-corrected chi connectivity index (χ3v) is 12.9. The Morgan fingerprint density at radius 3 is 1.31 bits per heavy atom. The molecule has 340 valence electrons. The van der Waals surface area contributed by atoms with Gasteiger partial charge in [-0.05, 0) is 144 Å². The molecule has 10 rings (SSSR count). The first-order valence-electron chi connectivity index (χ1n) is 22.4. The molecule has 2 N–H and O–H groups in total. The molecule has 0 radical (unpaired) electrons. The molecule has 4 aliphatic rings. The minimum Gasteiger partial charge on any atom is -0.481 e. The van der Waals surface area contributed by atoms with E-state index in [0.29, 0.717) is 29.8 Å². The largest absolute Gasteiger partial charge is 0.481 e. The Balaban J connectivity index is 0.000000151. The summed E-state index contributed by atoms with van der Waals surface area (Å²) in [5.74, 6) is -2.31. The standard InChI is InChI=1S/C28H24F2N2O.C16H12F2O2.C12H14N2/c29-23-7-3-20(4-8-23)25(21-5-9-24(30)10-6-21)11-12-26(33)32-18-15-28(16-19-32)14-13-22-2-1-17-31-27(22)28;17-13-5-1-11(2-6-13)15(9-10-16(19)20)12-3-7-14(18)8-4-12;1-2-10-3-4-12(11(10)14-7-1)5-8-13-9-6-12/h1-11,13-14,17H,12,15-16,18-19H2;1-9H,10H2,(H,19,20);1-4,7,13H,5-6,8-9H2. The van der Waals surface area contributed by atoms with Crippen LogP contribution in [0.3, 0.4) is 0 Å². The molecular formula is C56H50F4N4O3. The Bertz CT molecular complexity index is 2710. The number of likely N-dealkylation sites (tertiary alicyclic amines) is 1. The Morgan fingerprint density at radius 1 is 0.552 bits per heavy atom. The molecule has 4 aromatic carbocycles. The van der Waals surface area contributed by atoms with Crippen LogP contribution < -0.4 is 5.32 Å². The van der Waals surface area contributed by atoms with E-state index < -0.39 is 5.97 Å². The number of benzene rings is 4. The van der Waals surface area contributed by atoms with Crippen LogP contribution >= 0.6 is 0 Å². The zero-order valence-corrected chi connectivity index (χ0v) is 36.9. The zero-order chi connectivity index (χ0) is 46.8. The second-order valence-electron chi connectivity index (χ2n) is 17.1. The van der Waals surface area contributed by atoms with Crippen molar-refractivity contribution in [1.29, 1.82) is 0 Å². The fourth-order valence-electron chi connectivity index (χ4n) is 9.26. The normalized spacial score (nSPS) is 15.6. The molecule has 1 amide bonds. The number of carboxylic acids is 1. The molecule has 67 heavy (non-hydrogen) atoms. The van der Waals surface area contributed by atoms with Crippen molar-refractivity contribution in [2.24, 2.45) is 0 Å². The molecule has 2 aliphatic carbocycles. The number of nitrogens with zero attached hydrogens (tertiary/aromatic N) is 3. The van der Waals surface area contributed by atoms with Gasteiger partial charge in [0.15, 0.2) is 0 Å². The number of halogens is 4. The number of amides is 1. The fraction of sp³-hybridized carbons (Fsp3) is 0.214. The summed E-state index contributed by atoms with van der Waals surface area (Å²) in [5, 5.41) is 12.2. The lowest BCUT2D eigenvalue weighted by molar-refractivity contribution is -0.136. The average molecular weight is 903 g/mol. The van der Waals surface area contributed by atoms with Crippen LogP contribution in [0.2, 0.25) is 0 Å². The predicted octanol–water partition coefficient (Wildman–Crippen LogP) is 11.4. The van der Waals surface area contributed by atoms with Crippen molar-refractivity contribution < 1.29 is 32.3 Å². The number of rotatable bonds is 8. The van der Waals surface area contributed by atoms with E-state index in [-0.39, 0.29) is 52.8 Å². The van der Waals surface area contributed by atoms with Crippen molar-refractivity contribution in [3.8, 4) is 0 Å². The van der Waals surface area contributed by atoms with Crippen molar-refractivity contribution >= 4 is 35.2 Å². The van der Waals surface area contributed by atoms with E-state index in [1.54, 1.807) is 48.5 Å². The highest BCUT2D eigenvalue weighted by atomic mass is 19.1. The average Bonchev–Trinajstić information content (AvgIpc) is 3.89. The molecule has 6 aromatic rings. The van der Waals surface area contributed by atoms with Crippen molar-refractivity contribution in [1.82, 2.24) is 20.2 Å². The molecule has 2 aromatic heterocycles. The summed E-state index contributed by atoms with van der Waals surface area (Å²) < 4.78 is 52.8. The number of nitrogens with one attached hydrogen (secondary N) is 1. The second kappa shape index (κ2) is 20.9. The summed E-state index contributed by atoms with van der Waals surface area (Å²) in [6, 6.07) is 31.9. The van der Waals surface area contributed by atoms with Crippen LogP contribution in [-0.4, -0.2) is 58.0 Å². The van der Waals surface area contributed by atoms with Gasteiger partial charge in [-0.1, -0.05) is 97.1 Å². The lowest BCUT2D eigenvalue weighted by atomic mass is 9.77. The van der Waals surface area contributed by atoms with E-state index in [1.807, 2.05) is 35.5 Å². The van der Waals surface area contributed by atoms with Crippen LogP contribution in [0.25, 0.3) is 23.3 Å². The second-order valence-corrected chi connectivity index (χ2v) is 17.1. The SMILES string of the molecule is C1=CC2(CCNCC2)c2ncccc21.O=C(CC=C(c1ccc(F)cc1)c1ccc(F)cc1)N1CCC2(C=Cc3cccnc32)CC1.O=C(O)CC=C(c1ccc(F)cc1)c1ccc(F)cc1. The summed E-state index contributed by atoms with van der Waals surface area (Å²) in [4.78, 5) is 34.8. The Hall–Kier alpha value is -7.24. The highest BCUT2D eigenvalue weighted by Crippen LogP contribution is 2.43. The molecule has 2 saturated heterocycles. The number of hydrogen-bond donors (Lipinski definition) is 2. The van der Waals surface area contributed by atoms with Gasteiger partial charge in [0.2, 0.25) is 5.91 Å². The number of carbonyl (C=O) groups is 2. The van der Waals surface area contributed by atoms with Gasteiger partial charge in [0.05, 0.1) is 17.8 Å². The summed E-state index contributed by atoms with van der Waals surface area (Å²) in [6.45, 7) is 3.58. The van der Waals surface area contributed by atoms with Crippen LogP contribution in [0.1, 0.15) is 83.3 Å². The first kappa shape index (κ1) is 46.3. The van der Waals surface area contributed by atoms with Crippen LogP contribution in [-0.2, 0) is 20.4 Å². The molecule has 2 spiro atoms. The molecule has 11 heteroatoms. The maximum atomic E-state index is 13.4. The summed E-state index contributed by atoms with van der Waals surface area (Å²) >= 11 is 0. The lowest BCUT2D eigenvalue weighted by Gasteiger charge is -2.38. The highest BCUT2D eigenvalue weighted by Gasteiger charge is 2.40. The van der Waals surface area contributed by atoms with E-state index in [2.05, 4.69) is 51.7 Å². The van der Waals surface area contributed by atoms with Gasteiger partial charge in [0.25, 0.3) is 0 Å². The first-order chi connectivity index (χ1) is 32.5. The third kappa shape index (κ3) is 11.1. The maximum Gasteiger partial charge on any atom is 0.307 e. The predicted molar refractivity (Wildman–Crippen MR) is 254 cm³/mol. The van der Waals surface area contributed by atoms with E-state index in [0.717, 1.165) is 48.3 Å². The van der Waals surface area contributed by atoms with Gasteiger partial charge in [-0.3, -0.25) is 19.6 Å². The number of carbonyl (C=O) groups excluding carboxylic acids is 1. The monoisotopic (exact) mass is 902 g/mol. The molecule has 0 bridgehead atoms. The smallest absolute Gasteiger partial charge is 0.307 e. The molecule has 4 heterocycles. The Kier molecular flexibility index (Phi) is 14.5. The molecule has 0 atom stereocenters. The first-order valence-corrected chi connectivity index (χ1v) is 22.4. The Morgan fingerprint density at radius 2 is 0.925 bits per heavy atom. The number of pyridine rings is 2. The van der Waals surface area contributed by atoms with Crippen LogP contribution in [0.15, 0.2) is 158 Å². The number of aromatic nitrogens is 2. The zero-order valence-electron chi connectivity index (χ0n) is 36.9. The van der Waals surface area contributed by atoms with Gasteiger partial charge in [0, 0.05) is 42.7 Å². The van der Waals surface area contributed by atoms with Gasteiger partial charge < -0.3 is 15.3 Å². The van der Waals surface area contributed by atoms with E-state index in [1.165, 1.54) is 84.3 Å². The molecule has 2 aliphatic heterocycles. The molecule has 2 fully saturated rings. The van der Waals surface area contributed by atoms with Crippen LogP contribution in [0, 0.1) is 23.3 Å². The minimum atomic E-state index is -0.966. The highest BCUT2D eigenvalue weighted by molar-refractivity contribution is 5.85. The van der Waals surface area contributed by atoms with Gasteiger partial charge in [-0.25, -0.2) is 17.6 Å². The Labute approximate surface area is 388 Å². The van der Waals surface area contributed by atoms with E-state index in [4.69, 9.17) is 5.11 Å². The van der Waals surface area contributed by atoms with E-state index in [9.17, 15) is 27.2 Å². The van der Waals surface area contributed by atoms with Crippen molar-refractivity contribution in [2.45, 2.75) is 49.4 Å². The number of fused-ring (bicyclic) bond motifs is 4. The molecule has 7 nitrogen and oxygen atoms in total. The summed E-state index contributed by atoms with van der Waals surface area (Å²) in [5.41, 5.74) is 9.42. The minimum absolute atomic E-state index is 0.0507. The number of carboxylic acid groups (broad SMARTS) is 1. The maximum absolute atomic E-state index is 13.4. The number of hydrogen-bond acceptors (Lipinski definition) is 5. The molecule has 0 unspecified atom stereocenters. The van der Waals surface area contributed by atoms with Gasteiger partial charge in [-0.15, -0.1) is 0 Å². The summed E-state index contributed by atoms with van der Waals surface area (Å²) in [6.07, 6.45) is 20.2. The van der Waals surface area contributed by atoms with Crippen LogP contribution in [0.5, 0.6) is 0 Å². The fourth-order valence-corrected chi connectivity index (χ4v) is 9.26. The molecular weight excluding hydrogens is 853 g/mol. The lowest BCUT2D eigenvalue weighted by Crippen LogP contribution is -2.44. The van der Waals surface area contributed by atoms with Gasteiger partial charge in [0.1, 0.15) is 23.3 Å². The third-order valence-electron chi connectivity index (χ3n) is 12.9. The van der Waals surface area contributed by atoms with E-state index >= 15 is 0 Å². The summed E-state index contributed by atoms with van der Waals surface area (Å²) in [7, 11) is 0. The van der Waals surface area contributed by atoms with Crippen molar-refractivity contribution in [3.05, 3.63) is 226 Å². The quantitative estimate of drug-likeness (QED) is 0.148. The number of aliphatic carboxylic acids is 1. The van der Waals surface area contributed by atoms with Gasteiger partial charge in [-0.2, -0.15) is 0 Å².